The predicted molar refractivity (Wildman–Crippen MR) is 195 cm³/mol. The molecule has 0 fully saturated rings. The molecule has 49 heavy (non-hydrogen) atoms. The first-order valence-corrected chi connectivity index (χ1v) is 16.8. The van der Waals surface area contributed by atoms with E-state index in [1.54, 1.807) is 11.3 Å². The summed E-state index contributed by atoms with van der Waals surface area (Å²) in [7, 11) is 3.96. The summed E-state index contributed by atoms with van der Waals surface area (Å²) >= 11 is 1.67. The van der Waals surface area contributed by atoms with Crippen LogP contribution in [0.3, 0.4) is 0 Å². The molecule has 0 atom stereocenters. The molecule has 5 aromatic rings. The highest BCUT2D eigenvalue weighted by Gasteiger charge is 2.23. The Morgan fingerprint density at radius 2 is 1.51 bits per heavy atom. The smallest absolute Gasteiger partial charge is 0.336 e. The third-order valence-corrected chi connectivity index (χ3v) is 9.25. The van der Waals surface area contributed by atoms with E-state index in [1.807, 2.05) is 51.2 Å². The van der Waals surface area contributed by atoms with E-state index in [4.69, 9.17) is 14.5 Å². The van der Waals surface area contributed by atoms with E-state index < -0.39 is 17.5 Å². The maximum atomic E-state index is 11.5. The lowest BCUT2D eigenvalue weighted by Gasteiger charge is -2.31. The summed E-state index contributed by atoms with van der Waals surface area (Å²) in [4.78, 5) is 34.1. The lowest BCUT2D eigenvalue weighted by molar-refractivity contribution is -0.0352. The van der Waals surface area contributed by atoms with Crippen LogP contribution in [0.2, 0.25) is 0 Å². The van der Waals surface area contributed by atoms with Gasteiger partial charge >= 0.3 is 11.9 Å². The normalized spacial score (nSPS) is 11.8. The Labute approximate surface area is 290 Å². The fourth-order valence-electron chi connectivity index (χ4n) is 5.25. The Morgan fingerprint density at radius 1 is 0.816 bits per heavy atom. The number of hydrogen-bond donors (Lipinski definition) is 3. The standard InChI is InChI=1S/C38H42N4O6S/c1-37(2,17-20-48-38(3,4)18-19-47-28-13-14-29(35(43)44)30(22-28)36(45)46)41-27-12-15-31-32(21-27)49-34(40-31)25-9-7-24(8-10-25)26-11-16-33(39-23-26)42(5)6/h7-16,21-23,41H,17-20H2,1-6H3,(H,43,44)(H,45,46). The summed E-state index contributed by atoms with van der Waals surface area (Å²) < 4.78 is 13.1. The van der Waals surface area contributed by atoms with Gasteiger partial charge in [0, 0.05) is 55.7 Å². The lowest BCUT2D eigenvalue weighted by Crippen LogP contribution is -2.35. The average molecular weight is 683 g/mol. The van der Waals surface area contributed by atoms with Gasteiger partial charge in [-0.05, 0) is 88.2 Å². The zero-order valence-electron chi connectivity index (χ0n) is 28.6. The zero-order chi connectivity index (χ0) is 35.3. The molecule has 0 saturated heterocycles. The van der Waals surface area contributed by atoms with E-state index in [1.165, 1.54) is 18.2 Å². The van der Waals surface area contributed by atoms with Crippen molar-refractivity contribution in [1.29, 1.82) is 0 Å². The van der Waals surface area contributed by atoms with Crippen LogP contribution in [0.25, 0.3) is 31.9 Å². The van der Waals surface area contributed by atoms with E-state index in [0.29, 0.717) is 18.8 Å². The molecule has 0 spiro atoms. The van der Waals surface area contributed by atoms with Crippen molar-refractivity contribution in [3.8, 4) is 27.4 Å². The number of fused-ring (bicyclic) bond motifs is 1. The van der Waals surface area contributed by atoms with Crippen LogP contribution in [0.1, 0.15) is 61.3 Å². The molecule has 256 valence electrons. The SMILES string of the molecule is CN(C)c1ccc(-c2ccc(-c3nc4ccc(NC(C)(C)CCOC(C)(C)CCOc5ccc(C(=O)O)c(C(=O)O)c5)cc4s3)cc2)cn1. The average Bonchev–Trinajstić information content (AvgIpc) is 3.48. The predicted octanol–water partition coefficient (Wildman–Crippen LogP) is 8.33. The largest absolute Gasteiger partial charge is 0.493 e. The highest BCUT2D eigenvalue weighted by atomic mass is 32.1. The monoisotopic (exact) mass is 682 g/mol. The number of thiazole rings is 1. The van der Waals surface area contributed by atoms with Crippen molar-refractivity contribution >= 4 is 45.0 Å². The molecule has 0 unspecified atom stereocenters. The van der Waals surface area contributed by atoms with Gasteiger partial charge in [0.25, 0.3) is 0 Å². The van der Waals surface area contributed by atoms with Crippen LogP contribution in [-0.2, 0) is 4.74 Å². The van der Waals surface area contributed by atoms with Crippen molar-refractivity contribution in [3.63, 3.8) is 0 Å². The van der Waals surface area contributed by atoms with Crippen molar-refractivity contribution in [3.05, 3.63) is 90.1 Å². The van der Waals surface area contributed by atoms with Gasteiger partial charge in [0.2, 0.25) is 0 Å². The van der Waals surface area contributed by atoms with E-state index in [2.05, 4.69) is 66.6 Å². The van der Waals surface area contributed by atoms with Crippen LogP contribution < -0.4 is 15.0 Å². The molecule has 0 aliphatic rings. The van der Waals surface area contributed by atoms with Gasteiger partial charge < -0.3 is 29.9 Å². The Kier molecular flexibility index (Phi) is 10.5. The van der Waals surface area contributed by atoms with E-state index in [-0.39, 0.29) is 23.3 Å². The Morgan fingerprint density at radius 3 is 2.16 bits per heavy atom. The number of carboxylic acids is 2. The van der Waals surface area contributed by atoms with Crippen LogP contribution in [0.4, 0.5) is 11.5 Å². The van der Waals surface area contributed by atoms with E-state index in [0.717, 1.165) is 49.8 Å². The number of carboxylic acid groups (broad SMARTS) is 2. The fraction of sp³-hybridized carbons (Fsp3) is 0.316. The number of rotatable bonds is 15. The minimum absolute atomic E-state index is 0.248. The summed E-state index contributed by atoms with van der Waals surface area (Å²) in [5.74, 6) is -1.39. The summed E-state index contributed by atoms with van der Waals surface area (Å²) in [6.07, 6.45) is 3.20. The number of benzene rings is 3. The molecule has 5 rings (SSSR count). The van der Waals surface area contributed by atoms with Gasteiger partial charge in [-0.1, -0.05) is 24.3 Å². The summed E-state index contributed by atoms with van der Waals surface area (Å²) in [5, 5.41) is 23.2. The highest BCUT2D eigenvalue weighted by molar-refractivity contribution is 7.21. The van der Waals surface area contributed by atoms with Crippen molar-refractivity contribution in [2.45, 2.75) is 51.7 Å². The van der Waals surface area contributed by atoms with Crippen LogP contribution in [0.15, 0.2) is 79.0 Å². The third kappa shape index (κ3) is 9.13. The van der Waals surface area contributed by atoms with Crippen LogP contribution >= 0.6 is 11.3 Å². The van der Waals surface area contributed by atoms with Gasteiger partial charge in [-0.2, -0.15) is 0 Å². The maximum Gasteiger partial charge on any atom is 0.336 e. The number of aromatic nitrogens is 2. The number of anilines is 2. The Bertz CT molecular complexity index is 1930. The first-order valence-electron chi connectivity index (χ1n) is 16.0. The molecular formula is C38H42N4O6S. The van der Waals surface area contributed by atoms with Gasteiger partial charge in [0.05, 0.1) is 33.6 Å². The second-order valence-corrected chi connectivity index (χ2v) is 14.4. The third-order valence-electron chi connectivity index (χ3n) is 8.19. The molecule has 2 heterocycles. The number of pyridine rings is 1. The van der Waals surface area contributed by atoms with Crippen LogP contribution in [-0.4, -0.2) is 70.6 Å². The molecule has 0 aliphatic carbocycles. The zero-order valence-corrected chi connectivity index (χ0v) is 29.4. The lowest BCUT2D eigenvalue weighted by atomic mass is 10.00. The highest BCUT2D eigenvalue weighted by Crippen LogP contribution is 2.34. The fourth-order valence-corrected chi connectivity index (χ4v) is 6.26. The molecular weight excluding hydrogens is 641 g/mol. The van der Waals surface area contributed by atoms with Crippen molar-refractivity contribution in [2.75, 3.05) is 37.5 Å². The van der Waals surface area contributed by atoms with Crippen molar-refractivity contribution < 1.29 is 29.3 Å². The molecule has 0 saturated carbocycles. The number of aromatic carboxylic acids is 2. The van der Waals surface area contributed by atoms with Gasteiger partial charge in [-0.3, -0.25) is 0 Å². The number of carbonyl (C=O) groups is 2. The van der Waals surface area contributed by atoms with Gasteiger partial charge in [0.15, 0.2) is 0 Å². The molecule has 2 aromatic heterocycles. The molecule has 10 nitrogen and oxygen atoms in total. The van der Waals surface area contributed by atoms with Crippen molar-refractivity contribution in [2.24, 2.45) is 0 Å². The minimum atomic E-state index is -1.32. The molecule has 3 aromatic carbocycles. The topological polar surface area (TPSA) is 134 Å². The number of ether oxygens (including phenoxy) is 2. The first-order chi connectivity index (χ1) is 23.2. The summed E-state index contributed by atoms with van der Waals surface area (Å²) in [6.45, 7) is 9.04. The van der Waals surface area contributed by atoms with E-state index in [9.17, 15) is 19.8 Å². The number of nitrogens with one attached hydrogen (secondary N) is 1. The minimum Gasteiger partial charge on any atom is -0.493 e. The number of nitrogens with zero attached hydrogens (tertiary/aromatic N) is 3. The molecule has 3 N–H and O–H groups in total. The number of hydrogen-bond acceptors (Lipinski definition) is 9. The Balaban J connectivity index is 1.13. The van der Waals surface area contributed by atoms with Gasteiger partial charge in [0.1, 0.15) is 16.6 Å². The molecule has 0 aliphatic heterocycles. The summed E-state index contributed by atoms with van der Waals surface area (Å²) in [6, 6.07) is 22.7. The van der Waals surface area contributed by atoms with Gasteiger partial charge in [-0.15, -0.1) is 11.3 Å². The summed E-state index contributed by atoms with van der Waals surface area (Å²) in [5.41, 5.74) is 3.90. The second kappa shape index (κ2) is 14.6. The van der Waals surface area contributed by atoms with Crippen LogP contribution in [0, 0.1) is 0 Å². The quantitative estimate of drug-likeness (QED) is 0.0989. The maximum absolute atomic E-state index is 11.5. The van der Waals surface area contributed by atoms with E-state index >= 15 is 0 Å². The first kappa shape index (κ1) is 35.3. The molecule has 0 amide bonds. The van der Waals surface area contributed by atoms with Crippen LogP contribution in [0.5, 0.6) is 5.75 Å². The molecule has 0 bridgehead atoms. The molecule has 11 heteroatoms. The second-order valence-electron chi connectivity index (χ2n) is 13.4. The molecule has 0 radical (unpaired) electrons. The Hall–Kier alpha value is -5.00. The van der Waals surface area contributed by atoms with Gasteiger partial charge in [-0.25, -0.2) is 19.6 Å². The van der Waals surface area contributed by atoms with Crippen molar-refractivity contribution in [1.82, 2.24) is 9.97 Å².